The molecule has 0 bridgehead atoms. The number of rotatable bonds is 2. The third-order valence-corrected chi connectivity index (χ3v) is 3.26. The lowest BCUT2D eigenvalue weighted by molar-refractivity contribution is 0.0910. The van der Waals surface area contributed by atoms with Crippen molar-refractivity contribution in [3.63, 3.8) is 0 Å². The number of ether oxygens (including phenoxy) is 1. The number of phenolic OH excluding ortho intramolecular Hbond substituents is 1. The summed E-state index contributed by atoms with van der Waals surface area (Å²) < 4.78 is 4.62. The monoisotopic (exact) mass is 278 g/mol. The van der Waals surface area contributed by atoms with E-state index in [0.717, 1.165) is 36.8 Å². The van der Waals surface area contributed by atoms with E-state index >= 15 is 0 Å². The predicted molar refractivity (Wildman–Crippen MR) is 72.4 cm³/mol. The largest absolute Gasteiger partial charge is 0.507 e. The van der Waals surface area contributed by atoms with Gasteiger partial charge in [-0.25, -0.2) is 10.2 Å². The Kier molecular flexibility index (Phi) is 4.45. The molecule has 0 fully saturated rings. The molecule has 0 saturated heterocycles. The Balaban J connectivity index is 2.08. The molecule has 0 aliphatic heterocycles. The first-order chi connectivity index (χ1) is 9.61. The highest BCUT2D eigenvalue weighted by Gasteiger charge is 2.17. The second kappa shape index (κ2) is 6.27. The van der Waals surface area contributed by atoms with E-state index in [-0.39, 0.29) is 17.9 Å². The minimum absolute atomic E-state index is 0.0752. The maximum absolute atomic E-state index is 11.9. The van der Waals surface area contributed by atoms with Gasteiger partial charge in [-0.1, -0.05) is 0 Å². The molecule has 0 saturated carbocycles. The second-order valence-electron chi connectivity index (χ2n) is 4.64. The van der Waals surface area contributed by atoms with Crippen LogP contribution in [0.1, 0.15) is 41.3 Å². The number of hydrogen-bond acceptors (Lipinski definition) is 4. The molecule has 0 atom stereocenters. The zero-order valence-corrected chi connectivity index (χ0v) is 11.4. The summed E-state index contributed by atoms with van der Waals surface area (Å²) in [6, 6.07) is 3.32. The first-order valence-electron chi connectivity index (χ1n) is 6.69. The molecule has 1 aromatic carbocycles. The molecule has 1 aliphatic carbocycles. The second-order valence-corrected chi connectivity index (χ2v) is 4.64. The molecule has 0 spiro atoms. The fraction of sp³-hybridized carbons (Fsp3) is 0.429. The minimum atomic E-state index is -0.738. The number of aromatic hydroxyl groups is 1. The number of amides is 2. The molecule has 1 aromatic rings. The van der Waals surface area contributed by atoms with Gasteiger partial charge in [0.15, 0.2) is 0 Å². The van der Waals surface area contributed by atoms with Crippen LogP contribution in [-0.2, 0) is 17.6 Å². The number of hydrazine groups is 1. The number of carbonyl (C=O) groups is 2. The summed E-state index contributed by atoms with van der Waals surface area (Å²) in [5.74, 6) is -0.641. The van der Waals surface area contributed by atoms with Crippen LogP contribution >= 0.6 is 0 Å². The molecule has 6 heteroatoms. The Labute approximate surface area is 117 Å². The van der Waals surface area contributed by atoms with Gasteiger partial charge in [-0.3, -0.25) is 10.2 Å². The van der Waals surface area contributed by atoms with Crippen LogP contribution in [0.2, 0.25) is 0 Å². The first kappa shape index (κ1) is 14.2. The van der Waals surface area contributed by atoms with E-state index in [1.807, 2.05) is 0 Å². The SMILES string of the molecule is CCOC(=O)NNC(=O)c1cc2c(cc1O)CCCC2. The molecule has 1 aliphatic rings. The van der Waals surface area contributed by atoms with E-state index in [2.05, 4.69) is 15.6 Å². The van der Waals surface area contributed by atoms with Gasteiger partial charge in [0.2, 0.25) is 0 Å². The van der Waals surface area contributed by atoms with E-state index < -0.39 is 12.0 Å². The summed E-state index contributed by atoms with van der Waals surface area (Å²) in [6.07, 6.45) is 3.27. The average molecular weight is 278 g/mol. The van der Waals surface area contributed by atoms with Gasteiger partial charge in [0, 0.05) is 0 Å². The van der Waals surface area contributed by atoms with Gasteiger partial charge in [0.25, 0.3) is 5.91 Å². The lowest BCUT2D eigenvalue weighted by Crippen LogP contribution is -2.42. The number of nitrogens with one attached hydrogen (secondary N) is 2. The van der Waals surface area contributed by atoms with Crippen molar-refractivity contribution in [3.8, 4) is 5.75 Å². The van der Waals surface area contributed by atoms with Crippen LogP contribution in [-0.4, -0.2) is 23.7 Å². The van der Waals surface area contributed by atoms with E-state index in [1.165, 1.54) is 0 Å². The highest BCUT2D eigenvalue weighted by atomic mass is 16.5. The van der Waals surface area contributed by atoms with E-state index in [4.69, 9.17) is 0 Å². The molecule has 2 amide bonds. The number of aryl methyl sites for hydroxylation is 2. The third-order valence-electron chi connectivity index (χ3n) is 3.26. The van der Waals surface area contributed by atoms with Gasteiger partial charge < -0.3 is 9.84 Å². The first-order valence-corrected chi connectivity index (χ1v) is 6.69. The molecule has 3 N–H and O–H groups in total. The van der Waals surface area contributed by atoms with Gasteiger partial charge in [0.05, 0.1) is 12.2 Å². The van der Waals surface area contributed by atoms with E-state index in [1.54, 1.807) is 19.1 Å². The van der Waals surface area contributed by atoms with Crippen LogP contribution in [0, 0.1) is 0 Å². The fourth-order valence-corrected chi connectivity index (χ4v) is 2.30. The molecule has 108 valence electrons. The lowest BCUT2D eigenvalue weighted by atomic mass is 9.90. The van der Waals surface area contributed by atoms with Crippen LogP contribution in [0.3, 0.4) is 0 Å². The topological polar surface area (TPSA) is 87.7 Å². The summed E-state index contributed by atoms with van der Waals surface area (Å²) in [7, 11) is 0. The van der Waals surface area contributed by atoms with Crippen molar-refractivity contribution < 1.29 is 19.4 Å². The zero-order chi connectivity index (χ0) is 14.5. The quantitative estimate of drug-likeness (QED) is 0.718. The minimum Gasteiger partial charge on any atom is -0.507 e. The number of hydrogen-bond donors (Lipinski definition) is 3. The number of benzene rings is 1. The third kappa shape index (κ3) is 3.20. The van der Waals surface area contributed by atoms with Gasteiger partial charge >= 0.3 is 6.09 Å². The van der Waals surface area contributed by atoms with Crippen molar-refractivity contribution in [2.45, 2.75) is 32.6 Å². The van der Waals surface area contributed by atoms with Crippen molar-refractivity contribution in [1.29, 1.82) is 0 Å². The number of phenols is 1. The number of carbonyl (C=O) groups excluding carboxylic acids is 2. The normalized spacial score (nSPS) is 13.2. The Morgan fingerprint density at radius 2 is 1.85 bits per heavy atom. The average Bonchev–Trinajstić information content (AvgIpc) is 2.44. The molecule has 0 aromatic heterocycles. The van der Waals surface area contributed by atoms with Crippen molar-refractivity contribution in [3.05, 3.63) is 28.8 Å². The maximum atomic E-state index is 11.9. The van der Waals surface area contributed by atoms with Gasteiger partial charge in [-0.05, 0) is 55.9 Å². The molecule has 0 radical (unpaired) electrons. The van der Waals surface area contributed by atoms with Crippen LogP contribution in [0.4, 0.5) is 4.79 Å². The fourth-order valence-electron chi connectivity index (χ4n) is 2.30. The van der Waals surface area contributed by atoms with Crippen molar-refractivity contribution in [2.75, 3.05) is 6.61 Å². The van der Waals surface area contributed by atoms with Crippen molar-refractivity contribution in [1.82, 2.24) is 10.9 Å². The molecule has 0 heterocycles. The standard InChI is InChI=1S/C14H18N2O4/c1-2-20-14(19)16-15-13(18)11-7-9-5-3-4-6-10(9)8-12(11)17/h7-8,17H,2-6H2,1H3,(H,15,18)(H,16,19). The summed E-state index contributed by atoms with van der Waals surface area (Å²) >= 11 is 0. The predicted octanol–water partition coefficient (Wildman–Crippen LogP) is 1.66. The van der Waals surface area contributed by atoms with Crippen molar-refractivity contribution >= 4 is 12.0 Å². The molecule has 2 rings (SSSR count). The van der Waals surface area contributed by atoms with Gasteiger partial charge in [-0.15, -0.1) is 0 Å². The summed E-state index contributed by atoms with van der Waals surface area (Å²) in [5.41, 5.74) is 6.65. The number of fused-ring (bicyclic) bond motifs is 1. The molecular weight excluding hydrogens is 260 g/mol. The van der Waals surface area contributed by atoms with Crippen LogP contribution in [0.5, 0.6) is 5.75 Å². The Hall–Kier alpha value is -2.24. The van der Waals surface area contributed by atoms with Crippen LogP contribution < -0.4 is 10.9 Å². The summed E-state index contributed by atoms with van der Waals surface area (Å²) in [6.45, 7) is 1.88. The van der Waals surface area contributed by atoms with Gasteiger partial charge in [-0.2, -0.15) is 0 Å². The molecule has 6 nitrogen and oxygen atoms in total. The van der Waals surface area contributed by atoms with Crippen molar-refractivity contribution in [2.24, 2.45) is 0 Å². The summed E-state index contributed by atoms with van der Waals surface area (Å²) in [5, 5.41) is 9.90. The van der Waals surface area contributed by atoms with E-state index in [9.17, 15) is 14.7 Å². The maximum Gasteiger partial charge on any atom is 0.426 e. The highest BCUT2D eigenvalue weighted by Crippen LogP contribution is 2.28. The Morgan fingerprint density at radius 1 is 1.20 bits per heavy atom. The smallest absolute Gasteiger partial charge is 0.426 e. The Bertz CT molecular complexity index is 528. The Morgan fingerprint density at radius 3 is 2.50 bits per heavy atom. The molecule has 20 heavy (non-hydrogen) atoms. The van der Waals surface area contributed by atoms with Crippen LogP contribution in [0.25, 0.3) is 0 Å². The van der Waals surface area contributed by atoms with Gasteiger partial charge in [0.1, 0.15) is 5.75 Å². The summed E-state index contributed by atoms with van der Waals surface area (Å²) in [4.78, 5) is 23.0. The molecule has 0 unspecified atom stereocenters. The van der Waals surface area contributed by atoms with Crippen LogP contribution in [0.15, 0.2) is 12.1 Å². The zero-order valence-electron chi connectivity index (χ0n) is 11.4. The highest BCUT2D eigenvalue weighted by molar-refractivity contribution is 5.97. The molecular formula is C14H18N2O4. The lowest BCUT2D eigenvalue weighted by Gasteiger charge is -2.17. The van der Waals surface area contributed by atoms with E-state index in [0.29, 0.717) is 0 Å².